The van der Waals surface area contributed by atoms with Crippen LogP contribution >= 0.6 is 0 Å². The summed E-state index contributed by atoms with van der Waals surface area (Å²) in [6.07, 6.45) is 5.27. The van der Waals surface area contributed by atoms with Crippen molar-refractivity contribution >= 4 is 21.5 Å². The van der Waals surface area contributed by atoms with Crippen LogP contribution in [0.4, 0.5) is 0 Å². The maximum atomic E-state index is 12.0. The number of fused-ring (bicyclic) bond motifs is 4. The second-order valence-electron chi connectivity index (χ2n) is 8.91. The molecule has 2 nitrogen and oxygen atoms in total. The fraction of sp³-hybridized carbons (Fsp3) is 0.214. The third-order valence-corrected chi connectivity index (χ3v) is 7.38. The van der Waals surface area contributed by atoms with Crippen LogP contribution in [0.5, 0.6) is 0 Å². The second-order valence-corrected chi connectivity index (χ2v) is 8.91. The SMILES string of the molecule is O[C@@]1(c2cccc3ccccc23)C[C@@H]2C=C[C@H]1C[C@@]2(O)c1cccc2ccccc12. The maximum Gasteiger partial charge on any atom is 0.0972 e. The fourth-order valence-corrected chi connectivity index (χ4v) is 5.86. The molecule has 148 valence electrons. The zero-order valence-corrected chi connectivity index (χ0v) is 16.7. The van der Waals surface area contributed by atoms with Crippen molar-refractivity contribution in [3.05, 3.63) is 108 Å². The van der Waals surface area contributed by atoms with Gasteiger partial charge in [0.15, 0.2) is 0 Å². The Morgan fingerprint density at radius 2 is 0.933 bits per heavy atom. The van der Waals surface area contributed by atoms with Crippen LogP contribution in [0, 0.1) is 11.8 Å². The lowest BCUT2D eigenvalue weighted by atomic mass is 9.55. The quantitative estimate of drug-likeness (QED) is 0.432. The molecule has 30 heavy (non-hydrogen) atoms. The Kier molecular flexibility index (Phi) is 3.74. The molecule has 0 amide bonds. The van der Waals surface area contributed by atoms with Gasteiger partial charge in [0.2, 0.25) is 0 Å². The topological polar surface area (TPSA) is 40.5 Å². The van der Waals surface area contributed by atoms with Crippen molar-refractivity contribution in [2.24, 2.45) is 11.8 Å². The first-order chi connectivity index (χ1) is 14.6. The van der Waals surface area contributed by atoms with Crippen LogP contribution in [0.2, 0.25) is 0 Å². The molecule has 2 N–H and O–H groups in total. The summed E-state index contributed by atoms with van der Waals surface area (Å²) in [4.78, 5) is 0. The molecule has 0 aliphatic heterocycles. The van der Waals surface area contributed by atoms with Gasteiger partial charge >= 0.3 is 0 Å². The summed E-state index contributed by atoms with van der Waals surface area (Å²) in [6.45, 7) is 0. The van der Waals surface area contributed by atoms with E-state index in [9.17, 15) is 10.2 Å². The van der Waals surface area contributed by atoms with Crippen molar-refractivity contribution in [3.8, 4) is 0 Å². The molecule has 0 saturated heterocycles. The first-order valence-electron chi connectivity index (χ1n) is 10.7. The van der Waals surface area contributed by atoms with Gasteiger partial charge in [-0.2, -0.15) is 0 Å². The van der Waals surface area contributed by atoms with E-state index in [0.29, 0.717) is 12.8 Å². The molecule has 1 fully saturated rings. The predicted octanol–water partition coefficient (Wildman–Crippen LogP) is 5.66. The molecule has 4 aromatic carbocycles. The van der Waals surface area contributed by atoms with Gasteiger partial charge in [0, 0.05) is 11.8 Å². The Morgan fingerprint density at radius 3 is 1.37 bits per heavy atom. The van der Waals surface area contributed by atoms with Crippen LogP contribution < -0.4 is 0 Å². The summed E-state index contributed by atoms with van der Waals surface area (Å²) in [5.74, 6) is -0.283. The van der Waals surface area contributed by atoms with Crippen LogP contribution in [-0.2, 0) is 11.2 Å². The van der Waals surface area contributed by atoms with Crippen LogP contribution in [0.3, 0.4) is 0 Å². The van der Waals surface area contributed by atoms with Crippen molar-refractivity contribution in [1.29, 1.82) is 0 Å². The third kappa shape index (κ3) is 2.38. The van der Waals surface area contributed by atoms with Crippen molar-refractivity contribution in [3.63, 3.8) is 0 Å². The van der Waals surface area contributed by atoms with Gasteiger partial charge in [-0.3, -0.25) is 0 Å². The van der Waals surface area contributed by atoms with E-state index in [1.165, 1.54) is 0 Å². The van der Waals surface area contributed by atoms with E-state index in [0.717, 1.165) is 32.7 Å². The van der Waals surface area contributed by atoms with Crippen LogP contribution in [0.15, 0.2) is 97.1 Å². The Balaban J connectivity index is 1.48. The van der Waals surface area contributed by atoms with Gasteiger partial charge in [0.25, 0.3) is 0 Å². The Hall–Kier alpha value is -2.94. The Labute approximate surface area is 176 Å². The van der Waals surface area contributed by atoms with E-state index in [1.54, 1.807) is 0 Å². The molecule has 3 aliphatic rings. The minimum absolute atomic E-state index is 0.141. The Morgan fingerprint density at radius 1 is 0.533 bits per heavy atom. The number of rotatable bonds is 2. The molecule has 2 heteroatoms. The van der Waals surface area contributed by atoms with Gasteiger partial charge in [-0.25, -0.2) is 0 Å². The summed E-state index contributed by atoms with van der Waals surface area (Å²) in [5, 5.41) is 28.4. The van der Waals surface area contributed by atoms with E-state index in [4.69, 9.17) is 0 Å². The number of hydrogen-bond acceptors (Lipinski definition) is 2. The number of hydrogen-bond donors (Lipinski definition) is 2. The van der Waals surface area contributed by atoms with Gasteiger partial charge in [0.05, 0.1) is 11.2 Å². The lowest BCUT2D eigenvalue weighted by molar-refractivity contribution is -0.148. The lowest BCUT2D eigenvalue weighted by Crippen LogP contribution is -2.53. The molecule has 7 rings (SSSR count). The summed E-state index contributed by atoms with van der Waals surface area (Å²) in [6, 6.07) is 28.8. The molecule has 0 spiro atoms. The zero-order valence-electron chi connectivity index (χ0n) is 16.7. The van der Waals surface area contributed by atoms with Crippen LogP contribution in [0.25, 0.3) is 21.5 Å². The number of aliphatic hydroxyl groups is 2. The van der Waals surface area contributed by atoms with Crippen molar-refractivity contribution in [2.45, 2.75) is 24.0 Å². The van der Waals surface area contributed by atoms with Crippen LogP contribution in [0.1, 0.15) is 24.0 Å². The molecule has 0 heterocycles. The first-order valence-corrected chi connectivity index (χ1v) is 10.7. The molecule has 4 atom stereocenters. The predicted molar refractivity (Wildman–Crippen MR) is 121 cm³/mol. The highest BCUT2D eigenvalue weighted by Gasteiger charge is 2.56. The fourth-order valence-electron chi connectivity index (χ4n) is 5.86. The molecule has 1 saturated carbocycles. The Bertz CT molecular complexity index is 1190. The average molecular weight is 392 g/mol. The first kappa shape index (κ1) is 17.9. The van der Waals surface area contributed by atoms with Crippen molar-refractivity contribution in [1.82, 2.24) is 0 Å². The van der Waals surface area contributed by atoms with Gasteiger partial charge in [-0.1, -0.05) is 97.1 Å². The van der Waals surface area contributed by atoms with E-state index < -0.39 is 11.2 Å². The zero-order chi connectivity index (χ0) is 20.3. The summed E-state index contributed by atoms with van der Waals surface area (Å²) >= 11 is 0. The highest BCUT2D eigenvalue weighted by molar-refractivity contribution is 5.87. The normalized spacial score (nSPS) is 30.2. The highest BCUT2D eigenvalue weighted by Crippen LogP contribution is 2.57. The van der Waals surface area contributed by atoms with Crippen molar-refractivity contribution < 1.29 is 10.2 Å². The molecule has 0 radical (unpaired) electrons. The minimum Gasteiger partial charge on any atom is -0.384 e. The minimum atomic E-state index is -0.975. The molecule has 4 aromatic rings. The van der Waals surface area contributed by atoms with E-state index in [-0.39, 0.29) is 11.8 Å². The summed E-state index contributed by atoms with van der Waals surface area (Å²) in [7, 11) is 0. The molecular formula is C28H24O2. The van der Waals surface area contributed by atoms with Crippen LogP contribution in [-0.4, -0.2) is 10.2 Å². The third-order valence-electron chi connectivity index (χ3n) is 7.38. The van der Waals surface area contributed by atoms with Gasteiger partial charge < -0.3 is 10.2 Å². The number of benzene rings is 4. The molecule has 3 aliphatic carbocycles. The summed E-state index contributed by atoms with van der Waals surface area (Å²) < 4.78 is 0. The van der Waals surface area contributed by atoms with E-state index in [1.807, 2.05) is 48.5 Å². The van der Waals surface area contributed by atoms with Crippen molar-refractivity contribution in [2.75, 3.05) is 0 Å². The molecule has 2 bridgehead atoms. The lowest BCUT2D eigenvalue weighted by Gasteiger charge is -2.53. The standard InChI is InChI=1S/C28H24O2/c29-27(25-13-5-9-19-7-1-3-11-23(19)25)17-22-16-15-21(27)18-28(22,30)26-14-6-10-20-8-2-4-12-24(20)26/h1-16,21-22,29-30H,17-18H2/t21-,22-,27-,28-/m0/s1. The van der Waals surface area contributed by atoms with Gasteiger partial charge in [-0.15, -0.1) is 0 Å². The second kappa shape index (κ2) is 6.28. The van der Waals surface area contributed by atoms with Gasteiger partial charge in [0.1, 0.15) is 0 Å². The largest absolute Gasteiger partial charge is 0.384 e. The highest BCUT2D eigenvalue weighted by atomic mass is 16.3. The molecular weight excluding hydrogens is 368 g/mol. The van der Waals surface area contributed by atoms with E-state index >= 15 is 0 Å². The summed E-state index contributed by atoms with van der Waals surface area (Å²) in [5.41, 5.74) is -0.00591. The van der Waals surface area contributed by atoms with E-state index in [2.05, 4.69) is 48.6 Å². The smallest absolute Gasteiger partial charge is 0.0972 e. The maximum absolute atomic E-state index is 12.0. The average Bonchev–Trinajstić information content (AvgIpc) is 2.79. The molecule has 0 unspecified atom stereocenters. The molecule has 0 aromatic heterocycles. The monoisotopic (exact) mass is 392 g/mol. The van der Waals surface area contributed by atoms with Gasteiger partial charge in [-0.05, 0) is 45.5 Å².